The average Bonchev–Trinajstić information content (AvgIpc) is 2.80. The third-order valence-electron chi connectivity index (χ3n) is 4.84. The molecule has 2 heterocycles. The van der Waals surface area contributed by atoms with Gasteiger partial charge in [0.15, 0.2) is 12.0 Å². The largest absolute Gasteiger partial charge is 0.450 e. The van der Waals surface area contributed by atoms with Crippen LogP contribution < -0.4 is 10.3 Å². The highest BCUT2D eigenvalue weighted by atomic mass is 32.2. The maximum atomic E-state index is 13.1. The van der Waals surface area contributed by atoms with Crippen LogP contribution >= 0.6 is 11.8 Å². The summed E-state index contributed by atoms with van der Waals surface area (Å²) in [5.74, 6) is -1.52. The summed E-state index contributed by atoms with van der Waals surface area (Å²) in [4.78, 5) is 41.2. The normalized spacial score (nSPS) is 12.2. The number of hydrogen-bond acceptors (Lipinski definition) is 6. The molecule has 1 aliphatic rings. The van der Waals surface area contributed by atoms with Crippen LogP contribution in [0, 0.1) is 0 Å². The lowest BCUT2D eigenvalue weighted by atomic mass is 10.2. The van der Waals surface area contributed by atoms with E-state index >= 15 is 0 Å². The molecule has 0 unspecified atom stereocenters. The maximum absolute atomic E-state index is 13.1. The predicted octanol–water partition coefficient (Wildman–Crippen LogP) is 4.78. The number of amides is 1. The number of para-hydroxylation sites is 3. The van der Waals surface area contributed by atoms with Gasteiger partial charge in [-0.25, -0.2) is 4.79 Å². The fraction of sp³-hybridized carbons (Fsp3) is 0.0417. The second-order valence-corrected chi connectivity index (χ2v) is 7.90. The van der Waals surface area contributed by atoms with Crippen molar-refractivity contribution >= 4 is 46.0 Å². The first-order valence-corrected chi connectivity index (χ1v) is 10.3. The Labute approximate surface area is 181 Å². The summed E-state index contributed by atoms with van der Waals surface area (Å²) in [6.07, 6.45) is 0. The monoisotopic (exact) mass is 429 g/mol. The minimum Gasteiger partial charge on any atom is -0.450 e. The number of esters is 1. The van der Waals surface area contributed by atoms with Crippen molar-refractivity contribution in [2.24, 2.45) is 0 Å². The van der Waals surface area contributed by atoms with Gasteiger partial charge in [0, 0.05) is 15.9 Å². The summed E-state index contributed by atoms with van der Waals surface area (Å²) in [6, 6.07) is 22.8. The fourth-order valence-corrected chi connectivity index (χ4v) is 4.50. The van der Waals surface area contributed by atoms with Gasteiger partial charge in [-0.1, -0.05) is 48.2 Å². The van der Waals surface area contributed by atoms with Crippen LogP contribution in [0.4, 0.5) is 11.4 Å². The summed E-state index contributed by atoms with van der Waals surface area (Å²) in [5, 5.41) is 0.370. The van der Waals surface area contributed by atoms with E-state index < -0.39 is 18.5 Å². The second kappa shape index (κ2) is 7.77. The summed E-state index contributed by atoms with van der Waals surface area (Å²) in [5.41, 5.74) is 1.38. The lowest BCUT2D eigenvalue weighted by Crippen LogP contribution is -2.32. The molecule has 6 nitrogen and oxygen atoms in total. The third-order valence-corrected chi connectivity index (χ3v) is 5.97. The van der Waals surface area contributed by atoms with Gasteiger partial charge in [-0.3, -0.25) is 14.5 Å². The lowest BCUT2D eigenvalue weighted by Gasteiger charge is -2.30. The molecule has 0 fully saturated rings. The molecule has 1 aliphatic heterocycles. The Hall–Kier alpha value is -3.84. The fourth-order valence-electron chi connectivity index (χ4n) is 3.44. The molecule has 0 spiro atoms. The standard InChI is InChI=1S/C24H15NO5S/c26-18-13-20(30-19-10-4-1-7-15(18)19)24(28)29-14-23(27)25-16-8-2-5-11-21(16)31-22-12-6-3-9-17(22)25/h1-13H,14H2. The van der Waals surface area contributed by atoms with Crippen LogP contribution in [-0.2, 0) is 9.53 Å². The quantitative estimate of drug-likeness (QED) is 0.436. The van der Waals surface area contributed by atoms with E-state index in [1.54, 1.807) is 40.9 Å². The first kappa shape index (κ1) is 19.1. The zero-order valence-corrected chi connectivity index (χ0v) is 16.9. The second-order valence-electron chi connectivity index (χ2n) is 6.81. The molecule has 152 valence electrons. The van der Waals surface area contributed by atoms with Gasteiger partial charge in [-0.15, -0.1) is 0 Å². The van der Waals surface area contributed by atoms with E-state index in [4.69, 9.17) is 9.15 Å². The Balaban J connectivity index is 1.40. The highest BCUT2D eigenvalue weighted by Crippen LogP contribution is 2.47. The summed E-state index contributed by atoms with van der Waals surface area (Å²) >= 11 is 1.58. The summed E-state index contributed by atoms with van der Waals surface area (Å²) in [6.45, 7) is -0.497. The zero-order chi connectivity index (χ0) is 21.4. The summed E-state index contributed by atoms with van der Waals surface area (Å²) in [7, 11) is 0. The van der Waals surface area contributed by atoms with Crippen molar-refractivity contribution < 1.29 is 18.7 Å². The number of benzene rings is 3. The molecule has 0 bridgehead atoms. The van der Waals surface area contributed by atoms with E-state index in [0.717, 1.165) is 27.2 Å². The van der Waals surface area contributed by atoms with Crippen LogP contribution in [0.15, 0.2) is 97.9 Å². The van der Waals surface area contributed by atoms with Crippen molar-refractivity contribution in [3.63, 3.8) is 0 Å². The Bertz CT molecular complexity index is 1350. The molecule has 4 aromatic rings. The van der Waals surface area contributed by atoms with Gasteiger partial charge in [0.2, 0.25) is 5.76 Å². The Morgan fingerprint density at radius 2 is 1.48 bits per heavy atom. The van der Waals surface area contributed by atoms with E-state index in [1.807, 2.05) is 48.5 Å². The van der Waals surface area contributed by atoms with Crippen LogP contribution in [0.25, 0.3) is 11.0 Å². The molecule has 0 saturated carbocycles. The summed E-state index contributed by atoms with van der Waals surface area (Å²) < 4.78 is 10.7. The maximum Gasteiger partial charge on any atom is 0.374 e. The van der Waals surface area contributed by atoms with Gasteiger partial charge in [0.1, 0.15) is 5.58 Å². The minimum atomic E-state index is -0.871. The first-order chi connectivity index (χ1) is 15.1. The molecule has 0 saturated heterocycles. The average molecular weight is 429 g/mol. The van der Waals surface area contributed by atoms with Gasteiger partial charge in [-0.2, -0.15) is 0 Å². The molecule has 0 radical (unpaired) electrons. The molecule has 0 aliphatic carbocycles. The van der Waals surface area contributed by atoms with Crippen molar-refractivity contribution in [1.29, 1.82) is 0 Å². The number of fused-ring (bicyclic) bond motifs is 3. The number of carbonyl (C=O) groups is 2. The third kappa shape index (κ3) is 3.49. The minimum absolute atomic E-state index is 0.244. The van der Waals surface area contributed by atoms with Crippen molar-refractivity contribution in [2.75, 3.05) is 11.5 Å². The van der Waals surface area contributed by atoms with E-state index in [-0.39, 0.29) is 16.8 Å². The SMILES string of the molecule is O=C(OCC(=O)N1c2ccccc2Sc2ccccc21)c1cc(=O)c2ccccc2o1. The number of anilines is 2. The van der Waals surface area contributed by atoms with Crippen molar-refractivity contribution in [2.45, 2.75) is 9.79 Å². The van der Waals surface area contributed by atoms with Crippen LogP contribution in [0.1, 0.15) is 10.6 Å². The molecule has 1 amide bonds. The highest BCUT2D eigenvalue weighted by molar-refractivity contribution is 7.99. The number of carbonyl (C=O) groups excluding carboxylic acids is 2. The molecular formula is C24H15NO5S. The molecule has 7 heteroatoms. The first-order valence-electron chi connectivity index (χ1n) is 9.51. The molecule has 0 atom stereocenters. The molecule has 0 N–H and O–H groups in total. The van der Waals surface area contributed by atoms with Gasteiger partial charge < -0.3 is 9.15 Å². The van der Waals surface area contributed by atoms with E-state index in [1.165, 1.54) is 0 Å². The van der Waals surface area contributed by atoms with Crippen LogP contribution in [-0.4, -0.2) is 18.5 Å². The van der Waals surface area contributed by atoms with Crippen LogP contribution in [0.3, 0.4) is 0 Å². The van der Waals surface area contributed by atoms with E-state index in [9.17, 15) is 14.4 Å². The number of nitrogens with zero attached hydrogens (tertiary/aromatic N) is 1. The number of rotatable bonds is 3. The predicted molar refractivity (Wildman–Crippen MR) is 117 cm³/mol. The van der Waals surface area contributed by atoms with Gasteiger partial charge in [0.25, 0.3) is 5.91 Å². The number of ether oxygens (including phenoxy) is 1. The highest BCUT2D eigenvalue weighted by Gasteiger charge is 2.28. The topological polar surface area (TPSA) is 76.8 Å². The molecule has 1 aromatic heterocycles. The molecule has 3 aromatic carbocycles. The van der Waals surface area contributed by atoms with Crippen molar-refractivity contribution in [3.8, 4) is 0 Å². The van der Waals surface area contributed by atoms with Crippen LogP contribution in [0.2, 0.25) is 0 Å². The zero-order valence-electron chi connectivity index (χ0n) is 16.1. The molecule has 5 rings (SSSR count). The van der Waals surface area contributed by atoms with Crippen LogP contribution in [0.5, 0.6) is 0 Å². The lowest BCUT2D eigenvalue weighted by molar-refractivity contribution is -0.121. The van der Waals surface area contributed by atoms with E-state index in [2.05, 4.69) is 0 Å². The Morgan fingerprint density at radius 1 is 0.871 bits per heavy atom. The van der Waals surface area contributed by atoms with Crippen molar-refractivity contribution in [1.82, 2.24) is 0 Å². The van der Waals surface area contributed by atoms with Gasteiger partial charge in [-0.05, 0) is 36.4 Å². The molecular weight excluding hydrogens is 414 g/mol. The van der Waals surface area contributed by atoms with Crippen molar-refractivity contribution in [3.05, 3.63) is 94.8 Å². The van der Waals surface area contributed by atoms with Gasteiger partial charge >= 0.3 is 5.97 Å². The molecule has 31 heavy (non-hydrogen) atoms. The Kier molecular flexibility index (Phi) is 4.80. The smallest absolute Gasteiger partial charge is 0.374 e. The van der Waals surface area contributed by atoms with Gasteiger partial charge in [0.05, 0.1) is 16.8 Å². The Morgan fingerprint density at radius 3 is 2.19 bits per heavy atom. The number of hydrogen-bond donors (Lipinski definition) is 0. The van der Waals surface area contributed by atoms with E-state index in [0.29, 0.717) is 5.39 Å².